The Hall–Kier alpha value is -3.42. The average molecular weight is 495 g/mol. The Morgan fingerprint density at radius 1 is 0.941 bits per heavy atom. The van der Waals surface area contributed by atoms with Crippen molar-refractivity contribution in [3.8, 4) is 0 Å². The van der Waals surface area contributed by atoms with Crippen LogP contribution in [-0.4, -0.2) is 18.9 Å². The Kier molecular flexibility index (Phi) is 6.34. The molecule has 1 aromatic heterocycles. The Morgan fingerprint density at radius 2 is 1.65 bits per heavy atom. The lowest BCUT2D eigenvalue weighted by Gasteiger charge is -2.15. The van der Waals surface area contributed by atoms with Crippen LogP contribution < -0.4 is 10.7 Å². The van der Waals surface area contributed by atoms with E-state index in [4.69, 9.17) is 11.6 Å². The van der Waals surface area contributed by atoms with E-state index in [1.807, 2.05) is 20.8 Å². The van der Waals surface area contributed by atoms with Gasteiger partial charge in [-0.3, -0.25) is 9.59 Å². The first kappa shape index (κ1) is 23.7. The molecule has 0 aliphatic carbocycles. The molecule has 3 aromatic carbocycles. The van der Waals surface area contributed by atoms with Crippen molar-refractivity contribution in [2.24, 2.45) is 0 Å². The third-order valence-electron chi connectivity index (χ3n) is 5.80. The largest absolute Gasteiger partial charge is 0.336 e. The number of halogens is 1. The number of nitrogens with zero attached hydrogens (tertiary/aromatic N) is 1. The van der Waals surface area contributed by atoms with Gasteiger partial charge in [-0.05, 0) is 73.9 Å². The lowest BCUT2D eigenvalue weighted by Crippen LogP contribution is -2.24. The van der Waals surface area contributed by atoms with E-state index >= 15 is 0 Å². The summed E-state index contributed by atoms with van der Waals surface area (Å²) in [5, 5.41) is 3.51. The van der Waals surface area contributed by atoms with Crippen molar-refractivity contribution in [1.82, 2.24) is 4.57 Å². The van der Waals surface area contributed by atoms with Gasteiger partial charge in [0, 0.05) is 22.3 Å². The molecule has 1 amide bonds. The van der Waals surface area contributed by atoms with Crippen molar-refractivity contribution in [2.75, 3.05) is 5.32 Å². The molecule has 6 nitrogen and oxygen atoms in total. The number of aromatic nitrogens is 1. The number of amides is 1. The molecule has 0 radical (unpaired) electrons. The Morgan fingerprint density at radius 3 is 2.35 bits per heavy atom. The fraction of sp³-hybridized carbons (Fsp3) is 0.154. The van der Waals surface area contributed by atoms with Crippen molar-refractivity contribution in [1.29, 1.82) is 0 Å². The van der Waals surface area contributed by atoms with Crippen molar-refractivity contribution >= 4 is 43.9 Å². The summed E-state index contributed by atoms with van der Waals surface area (Å²) in [7, 11) is -4.11. The molecule has 8 heteroatoms. The molecule has 1 heterocycles. The van der Waals surface area contributed by atoms with E-state index in [0.29, 0.717) is 16.2 Å². The van der Waals surface area contributed by atoms with Crippen LogP contribution in [0.25, 0.3) is 10.9 Å². The molecule has 0 unspecified atom stereocenters. The molecule has 4 rings (SSSR count). The molecule has 34 heavy (non-hydrogen) atoms. The Labute approximate surface area is 202 Å². The van der Waals surface area contributed by atoms with Gasteiger partial charge in [-0.2, -0.15) is 0 Å². The number of para-hydroxylation sites is 1. The monoisotopic (exact) mass is 494 g/mol. The molecule has 1 N–H and O–H groups in total. The van der Waals surface area contributed by atoms with Crippen LogP contribution in [0.5, 0.6) is 0 Å². The van der Waals surface area contributed by atoms with Gasteiger partial charge < -0.3 is 9.88 Å². The van der Waals surface area contributed by atoms with Crippen LogP contribution in [0.15, 0.2) is 81.4 Å². The number of rotatable bonds is 5. The van der Waals surface area contributed by atoms with Gasteiger partial charge in [0.25, 0.3) is 0 Å². The van der Waals surface area contributed by atoms with E-state index in [1.54, 1.807) is 54.6 Å². The molecule has 4 aromatic rings. The van der Waals surface area contributed by atoms with Crippen molar-refractivity contribution < 1.29 is 13.2 Å². The Bertz CT molecular complexity index is 1610. The van der Waals surface area contributed by atoms with Crippen molar-refractivity contribution in [3.05, 3.63) is 98.8 Å². The van der Waals surface area contributed by atoms with E-state index in [2.05, 4.69) is 5.32 Å². The number of carbonyl (C=O) groups excluding carboxylic acids is 1. The second kappa shape index (κ2) is 9.08. The summed E-state index contributed by atoms with van der Waals surface area (Å²) in [6, 6.07) is 16.6. The molecule has 0 aliphatic heterocycles. The zero-order valence-electron chi connectivity index (χ0n) is 18.9. The summed E-state index contributed by atoms with van der Waals surface area (Å²) in [6.45, 7) is 5.36. The number of hydrogen-bond donors (Lipinski definition) is 1. The zero-order chi connectivity index (χ0) is 24.6. The van der Waals surface area contributed by atoms with Crippen LogP contribution >= 0.6 is 11.6 Å². The molecule has 0 saturated heterocycles. The van der Waals surface area contributed by atoms with Crippen LogP contribution in [0.3, 0.4) is 0 Å². The third-order valence-corrected chi connectivity index (χ3v) is 7.95. The van der Waals surface area contributed by atoms with Gasteiger partial charge in [0.2, 0.25) is 21.2 Å². The first-order valence-electron chi connectivity index (χ1n) is 10.6. The Balaban J connectivity index is 1.79. The number of anilines is 1. The first-order chi connectivity index (χ1) is 16.1. The van der Waals surface area contributed by atoms with Crippen molar-refractivity contribution in [3.63, 3.8) is 0 Å². The fourth-order valence-corrected chi connectivity index (χ4v) is 5.31. The maximum Gasteiger partial charge on any atom is 0.244 e. The number of fused-ring (bicyclic) bond motifs is 1. The quantitative estimate of drug-likeness (QED) is 0.420. The molecule has 174 valence electrons. The van der Waals surface area contributed by atoms with Gasteiger partial charge in [0.05, 0.1) is 10.4 Å². The maximum absolute atomic E-state index is 13.4. The number of benzene rings is 3. The SMILES string of the molecule is Cc1ccc(S(=O)(=O)c2cn(CC(=O)Nc3ccc(C)c(Cl)c3)c3ccccc3c2=O)cc1C. The second-order valence-electron chi connectivity index (χ2n) is 8.23. The first-order valence-corrected chi connectivity index (χ1v) is 12.4. The van der Waals surface area contributed by atoms with Crippen LogP contribution in [0, 0.1) is 20.8 Å². The number of pyridine rings is 1. The highest BCUT2D eigenvalue weighted by Gasteiger charge is 2.24. The van der Waals surface area contributed by atoms with Crippen LogP contribution in [-0.2, 0) is 21.2 Å². The molecule has 0 saturated carbocycles. The standard InChI is InChI=1S/C26H23ClN2O4S/c1-16-9-11-20(12-18(16)3)34(32,33)24-14-29(23-7-5-4-6-21(23)26(24)31)15-25(30)28-19-10-8-17(2)22(27)13-19/h4-14H,15H2,1-3H3,(H,28,30). The topological polar surface area (TPSA) is 85.2 Å². The molecule has 0 aliphatic rings. The highest BCUT2D eigenvalue weighted by Crippen LogP contribution is 2.24. The zero-order valence-corrected chi connectivity index (χ0v) is 20.5. The van der Waals surface area contributed by atoms with Crippen molar-refractivity contribution in [2.45, 2.75) is 37.1 Å². The lowest BCUT2D eigenvalue weighted by molar-refractivity contribution is -0.116. The van der Waals surface area contributed by atoms with Gasteiger partial charge in [-0.25, -0.2) is 8.42 Å². The molecule has 0 bridgehead atoms. The van der Waals surface area contributed by atoms with Gasteiger partial charge in [0.1, 0.15) is 11.4 Å². The molecular weight excluding hydrogens is 472 g/mol. The summed E-state index contributed by atoms with van der Waals surface area (Å²) < 4.78 is 28.3. The minimum atomic E-state index is -4.11. The minimum Gasteiger partial charge on any atom is -0.336 e. The van der Waals surface area contributed by atoms with Crippen LogP contribution in [0.4, 0.5) is 5.69 Å². The predicted molar refractivity (Wildman–Crippen MR) is 134 cm³/mol. The maximum atomic E-state index is 13.4. The number of nitrogens with one attached hydrogen (secondary N) is 1. The molecule has 0 fully saturated rings. The van der Waals surface area contributed by atoms with Gasteiger partial charge in [0.15, 0.2) is 0 Å². The normalized spacial score (nSPS) is 11.5. The fourth-order valence-electron chi connectivity index (χ4n) is 3.67. The predicted octanol–water partition coefficient (Wildman–Crippen LogP) is 5.05. The van der Waals surface area contributed by atoms with Gasteiger partial charge >= 0.3 is 0 Å². The van der Waals surface area contributed by atoms with E-state index in [-0.39, 0.29) is 27.6 Å². The number of sulfone groups is 1. The smallest absolute Gasteiger partial charge is 0.244 e. The van der Waals surface area contributed by atoms with E-state index < -0.39 is 15.3 Å². The van der Waals surface area contributed by atoms with E-state index in [0.717, 1.165) is 16.7 Å². The van der Waals surface area contributed by atoms with E-state index in [1.165, 1.54) is 16.8 Å². The minimum absolute atomic E-state index is 0.0354. The van der Waals surface area contributed by atoms with Gasteiger partial charge in [-0.1, -0.05) is 35.9 Å². The molecular formula is C26H23ClN2O4S. The van der Waals surface area contributed by atoms with Crippen LogP contribution in [0.2, 0.25) is 5.02 Å². The lowest BCUT2D eigenvalue weighted by atomic mass is 10.1. The summed E-state index contributed by atoms with van der Waals surface area (Å²) >= 11 is 6.15. The summed E-state index contributed by atoms with van der Waals surface area (Å²) in [4.78, 5) is 25.7. The average Bonchev–Trinajstić information content (AvgIpc) is 2.80. The summed E-state index contributed by atoms with van der Waals surface area (Å²) in [5.74, 6) is -0.386. The summed E-state index contributed by atoms with van der Waals surface area (Å²) in [5.41, 5.74) is 3.02. The summed E-state index contributed by atoms with van der Waals surface area (Å²) in [6.07, 6.45) is 1.25. The number of aryl methyl sites for hydroxylation is 3. The van der Waals surface area contributed by atoms with Gasteiger partial charge in [-0.15, -0.1) is 0 Å². The molecule has 0 atom stereocenters. The highest BCUT2D eigenvalue weighted by atomic mass is 35.5. The highest BCUT2D eigenvalue weighted by molar-refractivity contribution is 7.91. The molecule has 0 spiro atoms. The number of carbonyl (C=O) groups is 1. The number of hydrogen-bond acceptors (Lipinski definition) is 4. The van der Waals surface area contributed by atoms with Crippen LogP contribution in [0.1, 0.15) is 16.7 Å². The third kappa shape index (κ3) is 4.49. The second-order valence-corrected chi connectivity index (χ2v) is 10.6. The van der Waals surface area contributed by atoms with E-state index in [9.17, 15) is 18.0 Å².